The fourth-order valence-corrected chi connectivity index (χ4v) is 2.46. The molecule has 2 rings (SSSR count). The molecule has 1 N–H and O–H groups in total. The SMILES string of the molecule is COc1ccc(C=O)c(C(=O)O[C@@H](C)C(=O)NCc2ccc(F)cc2)c1OC. The molecule has 7 nitrogen and oxygen atoms in total. The summed E-state index contributed by atoms with van der Waals surface area (Å²) in [5.74, 6) is -1.55. The van der Waals surface area contributed by atoms with Crippen LogP contribution in [0.15, 0.2) is 36.4 Å². The van der Waals surface area contributed by atoms with E-state index in [1.165, 1.54) is 57.5 Å². The quantitative estimate of drug-likeness (QED) is 0.551. The zero-order valence-electron chi connectivity index (χ0n) is 15.7. The Balaban J connectivity index is 2.10. The van der Waals surface area contributed by atoms with Crippen LogP contribution in [0.5, 0.6) is 11.5 Å². The van der Waals surface area contributed by atoms with Gasteiger partial charge in [0.15, 0.2) is 23.9 Å². The molecule has 0 saturated heterocycles. The number of hydrogen-bond acceptors (Lipinski definition) is 6. The maximum atomic E-state index is 12.9. The molecule has 0 aliphatic rings. The Bertz CT molecular complexity index is 866. The lowest BCUT2D eigenvalue weighted by Crippen LogP contribution is -2.35. The molecule has 0 aromatic heterocycles. The maximum absolute atomic E-state index is 12.9. The summed E-state index contributed by atoms with van der Waals surface area (Å²) in [5, 5.41) is 2.59. The van der Waals surface area contributed by atoms with Crippen molar-refractivity contribution in [2.75, 3.05) is 14.2 Å². The number of amides is 1. The molecule has 2 aromatic carbocycles. The number of esters is 1. The third-order valence-electron chi connectivity index (χ3n) is 3.94. The number of rotatable bonds is 8. The number of carbonyl (C=O) groups excluding carboxylic acids is 3. The number of aldehydes is 1. The van der Waals surface area contributed by atoms with E-state index in [1.54, 1.807) is 0 Å². The average molecular weight is 389 g/mol. The molecular weight excluding hydrogens is 369 g/mol. The van der Waals surface area contributed by atoms with Crippen molar-refractivity contribution in [3.8, 4) is 11.5 Å². The molecule has 0 aliphatic carbocycles. The van der Waals surface area contributed by atoms with Crippen molar-refractivity contribution in [2.45, 2.75) is 19.6 Å². The number of ether oxygens (including phenoxy) is 3. The van der Waals surface area contributed by atoms with Gasteiger partial charge < -0.3 is 19.5 Å². The molecule has 0 heterocycles. The predicted octanol–water partition coefficient (Wildman–Crippen LogP) is 2.52. The highest BCUT2D eigenvalue weighted by Crippen LogP contribution is 2.33. The summed E-state index contributed by atoms with van der Waals surface area (Å²) < 4.78 is 28.4. The third kappa shape index (κ3) is 4.85. The van der Waals surface area contributed by atoms with Crippen molar-refractivity contribution < 1.29 is 33.0 Å². The molecule has 0 saturated carbocycles. The first-order chi connectivity index (χ1) is 13.4. The minimum absolute atomic E-state index is 0.0380. The van der Waals surface area contributed by atoms with Gasteiger partial charge in [-0.2, -0.15) is 0 Å². The smallest absolute Gasteiger partial charge is 0.343 e. The molecule has 148 valence electrons. The summed E-state index contributed by atoms with van der Waals surface area (Å²) in [5.41, 5.74) is 0.600. The third-order valence-corrected chi connectivity index (χ3v) is 3.94. The van der Waals surface area contributed by atoms with E-state index in [2.05, 4.69) is 5.32 Å². The fourth-order valence-electron chi connectivity index (χ4n) is 2.46. The second kappa shape index (κ2) is 9.50. The predicted molar refractivity (Wildman–Crippen MR) is 98.1 cm³/mol. The van der Waals surface area contributed by atoms with E-state index in [1.807, 2.05) is 0 Å². The fraction of sp³-hybridized carbons (Fsp3) is 0.250. The number of halogens is 1. The van der Waals surface area contributed by atoms with Crippen LogP contribution in [0.25, 0.3) is 0 Å². The lowest BCUT2D eigenvalue weighted by molar-refractivity contribution is -0.129. The van der Waals surface area contributed by atoms with Crippen LogP contribution in [-0.4, -0.2) is 38.5 Å². The maximum Gasteiger partial charge on any atom is 0.343 e. The second-order valence-corrected chi connectivity index (χ2v) is 5.77. The Labute approximate surface area is 161 Å². The Morgan fingerprint density at radius 2 is 1.79 bits per heavy atom. The van der Waals surface area contributed by atoms with Crippen LogP contribution in [0, 0.1) is 5.82 Å². The highest BCUT2D eigenvalue weighted by molar-refractivity contribution is 6.02. The zero-order chi connectivity index (χ0) is 20.7. The Kier molecular flexibility index (Phi) is 7.08. The van der Waals surface area contributed by atoms with Gasteiger partial charge in [0.05, 0.1) is 14.2 Å². The van der Waals surface area contributed by atoms with Crippen LogP contribution in [0.2, 0.25) is 0 Å². The van der Waals surface area contributed by atoms with Gasteiger partial charge >= 0.3 is 5.97 Å². The summed E-state index contributed by atoms with van der Waals surface area (Å²) in [7, 11) is 2.71. The largest absolute Gasteiger partial charge is 0.493 e. The van der Waals surface area contributed by atoms with Crippen LogP contribution in [-0.2, 0) is 16.1 Å². The number of carbonyl (C=O) groups is 3. The lowest BCUT2D eigenvalue weighted by atomic mass is 10.1. The van der Waals surface area contributed by atoms with Gasteiger partial charge in [-0.25, -0.2) is 9.18 Å². The highest BCUT2D eigenvalue weighted by Gasteiger charge is 2.26. The molecule has 0 radical (unpaired) electrons. The molecule has 1 atom stereocenters. The van der Waals surface area contributed by atoms with Crippen molar-refractivity contribution in [1.82, 2.24) is 5.32 Å². The van der Waals surface area contributed by atoms with Gasteiger partial charge in [-0.05, 0) is 36.8 Å². The van der Waals surface area contributed by atoms with Crippen LogP contribution in [0.4, 0.5) is 4.39 Å². The van der Waals surface area contributed by atoms with Crippen LogP contribution >= 0.6 is 0 Å². The van der Waals surface area contributed by atoms with Crippen LogP contribution in [0.3, 0.4) is 0 Å². The summed E-state index contributed by atoms with van der Waals surface area (Å²) in [4.78, 5) is 36.0. The average Bonchev–Trinajstić information content (AvgIpc) is 2.71. The Morgan fingerprint density at radius 3 is 2.36 bits per heavy atom. The molecule has 0 unspecified atom stereocenters. The summed E-state index contributed by atoms with van der Waals surface area (Å²) in [6, 6.07) is 8.50. The summed E-state index contributed by atoms with van der Waals surface area (Å²) in [6.45, 7) is 1.54. The van der Waals surface area contributed by atoms with Gasteiger partial charge in [-0.3, -0.25) is 9.59 Å². The molecule has 0 spiro atoms. The minimum atomic E-state index is -1.14. The first-order valence-electron chi connectivity index (χ1n) is 8.34. The van der Waals surface area contributed by atoms with Crippen molar-refractivity contribution in [2.24, 2.45) is 0 Å². The molecule has 1 amide bonds. The van der Waals surface area contributed by atoms with E-state index >= 15 is 0 Å². The normalized spacial score (nSPS) is 11.3. The number of hydrogen-bond donors (Lipinski definition) is 1. The van der Waals surface area contributed by atoms with Gasteiger partial charge in [0, 0.05) is 12.1 Å². The van der Waals surface area contributed by atoms with Gasteiger partial charge in [0.25, 0.3) is 5.91 Å². The van der Waals surface area contributed by atoms with Crippen LogP contribution < -0.4 is 14.8 Å². The van der Waals surface area contributed by atoms with E-state index in [4.69, 9.17) is 14.2 Å². The van der Waals surface area contributed by atoms with E-state index < -0.39 is 18.0 Å². The van der Waals surface area contributed by atoms with E-state index in [0.717, 1.165) is 0 Å². The zero-order valence-corrected chi connectivity index (χ0v) is 15.7. The molecular formula is C20H20FNO6. The lowest BCUT2D eigenvalue weighted by Gasteiger charge is -2.17. The second-order valence-electron chi connectivity index (χ2n) is 5.77. The van der Waals surface area contributed by atoms with E-state index in [-0.39, 0.29) is 35.0 Å². The summed E-state index contributed by atoms with van der Waals surface area (Å²) >= 11 is 0. The number of methoxy groups -OCH3 is 2. The Hall–Kier alpha value is -3.42. The first-order valence-corrected chi connectivity index (χ1v) is 8.34. The topological polar surface area (TPSA) is 90.9 Å². The number of benzene rings is 2. The van der Waals surface area contributed by atoms with Crippen molar-refractivity contribution >= 4 is 18.2 Å². The molecule has 0 bridgehead atoms. The van der Waals surface area contributed by atoms with Crippen molar-refractivity contribution in [1.29, 1.82) is 0 Å². The van der Waals surface area contributed by atoms with Crippen LogP contribution in [0.1, 0.15) is 33.2 Å². The molecule has 0 fully saturated rings. The van der Waals surface area contributed by atoms with E-state index in [9.17, 15) is 18.8 Å². The van der Waals surface area contributed by atoms with Gasteiger partial charge in [-0.15, -0.1) is 0 Å². The summed E-state index contributed by atoms with van der Waals surface area (Å²) in [6.07, 6.45) is -0.652. The Morgan fingerprint density at radius 1 is 1.11 bits per heavy atom. The molecule has 0 aliphatic heterocycles. The number of nitrogens with one attached hydrogen (secondary N) is 1. The highest BCUT2D eigenvalue weighted by atomic mass is 19.1. The molecule has 2 aromatic rings. The van der Waals surface area contributed by atoms with Gasteiger partial charge in [-0.1, -0.05) is 12.1 Å². The van der Waals surface area contributed by atoms with Gasteiger partial charge in [0.2, 0.25) is 0 Å². The molecule has 28 heavy (non-hydrogen) atoms. The van der Waals surface area contributed by atoms with Crippen molar-refractivity contribution in [3.05, 3.63) is 58.9 Å². The minimum Gasteiger partial charge on any atom is -0.493 e. The monoisotopic (exact) mass is 389 g/mol. The van der Waals surface area contributed by atoms with Crippen molar-refractivity contribution in [3.63, 3.8) is 0 Å². The first kappa shape index (κ1) is 20.9. The van der Waals surface area contributed by atoms with E-state index in [0.29, 0.717) is 11.8 Å². The standard InChI is InChI=1S/C20H20FNO6/c1-12(19(24)22-10-13-4-7-15(21)8-5-13)28-20(25)17-14(11-23)6-9-16(26-2)18(17)27-3/h4-9,11-12H,10H2,1-3H3,(H,22,24)/t12-/m0/s1. The molecule has 8 heteroatoms. The van der Waals surface area contributed by atoms with Gasteiger partial charge in [0.1, 0.15) is 11.4 Å².